The maximum absolute atomic E-state index is 5.78. The van der Waals surface area contributed by atoms with E-state index in [1.54, 1.807) is 14.2 Å². The summed E-state index contributed by atoms with van der Waals surface area (Å²) >= 11 is 0. The first-order valence-electron chi connectivity index (χ1n) is 7.91. The van der Waals surface area contributed by atoms with Crippen LogP contribution in [0.5, 0.6) is 0 Å². The van der Waals surface area contributed by atoms with Crippen molar-refractivity contribution in [3.05, 3.63) is 34.4 Å². The molecule has 4 heteroatoms. The second-order valence-electron chi connectivity index (χ2n) is 5.94. The summed E-state index contributed by atoms with van der Waals surface area (Å²) in [5.41, 5.74) is 5.66. The largest absolute Gasteiger partial charge is 0.382 e. The van der Waals surface area contributed by atoms with E-state index in [1.165, 1.54) is 22.3 Å². The average molecular weight is 308 g/mol. The Hall–Kier alpha value is -0.940. The van der Waals surface area contributed by atoms with Crippen molar-refractivity contribution in [2.24, 2.45) is 11.8 Å². The molecule has 0 aromatic carbocycles. The Kier molecular flexibility index (Phi) is 6.83. The van der Waals surface area contributed by atoms with Crippen LogP contribution >= 0.6 is 0 Å². The molecule has 0 unspecified atom stereocenters. The molecule has 2 atom stereocenters. The Morgan fingerprint density at radius 2 is 1.27 bits per heavy atom. The molecule has 0 radical (unpaired) electrons. The number of fused-ring (bicyclic) bond motifs is 2. The second kappa shape index (κ2) is 8.63. The molecule has 0 saturated carbocycles. The highest BCUT2D eigenvalue weighted by molar-refractivity contribution is 5.53. The number of ether oxygens (including phenoxy) is 4. The lowest BCUT2D eigenvalue weighted by atomic mass is 9.95. The van der Waals surface area contributed by atoms with Crippen LogP contribution in [0.2, 0.25) is 0 Å². The van der Waals surface area contributed by atoms with Crippen LogP contribution in [0.3, 0.4) is 0 Å². The van der Waals surface area contributed by atoms with E-state index in [2.05, 4.69) is 26.0 Å². The summed E-state index contributed by atoms with van der Waals surface area (Å²) in [4.78, 5) is 0. The lowest BCUT2D eigenvalue weighted by molar-refractivity contribution is 0.0748. The predicted octanol–water partition coefficient (Wildman–Crippen LogP) is 2.76. The Bertz CT molecular complexity index is 424. The van der Waals surface area contributed by atoms with Gasteiger partial charge in [-0.1, -0.05) is 17.7 Å². The third kappa shape index (κ3) is 3.87. The number of rotatable bonds is 10. The maximum Gasteiger partial charge on any atom is 0.0704 e. The third-order valence-corrected chi connectivity index (χ3v) is 4.29. The Balaban J connectivity index is 2.03. The van der Waals surface area contributed by atoms with Crippen LogP contribution in [-0.2, 0) is 18.9 Å². The molecule has 2 aliphatic rings. The first-order valence-corrected chi connectivity index (χ1v) is 7.91. The van der Waals surface area contributed by atoms with Gasteiger partial charge in [0.1, 0.15) is 0 Å². The maximum atomic E-state index is 5.78. The van der Waals surface area contributed by atoms with Gasteiger partial charge in [0.05, 0.1) is 39.6 Å². The molecule has 0 amide bonds. The highest BCUT2D eigenvalue weighted by Crippen LogP contribution is 2.49. The number of hydrogen-bond donors (Lipinski definition) is 0. The van der Waals surface area contributed by atoms with Gasteiger partial charge in [-0.15, -0.1) is 0 Å². The van der Waals surface area contributed by atoms with E-state index in [0.717, 1.165) is 0 Å². The normalized spacial score (nSPS) is 23.0. The van der Waals surface area contributed by atoms with E-state index < -0.39 is 0 Å². The van der Waals surface area contributed by atoms with Gasteiger partial charge in [0.25, 0.3) is 0 Å². The van der Waals surface area contributed by atoms with Gasteiger partial charge in [-0.2, -0.15) is 0 Å². The summed E-state index contributed by atoms with van der Waals surface area (Å²) in [6.45, 7) is 8.23. The number of hydrogen-bond acceptors (Lipinski definition) is 4. The number of allylic oxidation sites excluding steroid dienone is 4. The van der Waals surface area contributed by atoms with Crippen LogP contribution in [-0.4, -0.2) is 53.9 Å². The van der Waals surface area contributed by atoms with Gasteiger partial charge in [0.2, 0.25) is 0 Å². The zero-order valence-electron chi connectivity index (χ0n) is 14.2. The van der Waals surface area contributed by atoms with Gasteiger partial charge in [-0.25, -0.2) is 0 Å². The lowest BCUT2D eigenvalue weighted by Crippen LogP contribution is -2.13. The van der Waals surface area contributed by atoms with Gasteiger partial charge in [-0.3, -0.25) is 0 Å². The van der Waals surface area contributed by atoms with Gasteiger partial charge in [-0.05, 0) is 30.6 Å². The molecule has 0 fully saturated rings. The van der Waals surface area contributed by atoms with E-state index >= 15 is 0 Å². The summed E-state index contributed by atoms with van der Waals surface area (Å²) in [7, 11) is 3.39. The van der Waals surface area contributed by atoms with Crippen LogP contribution in [0, 0.1) is 11.8 Å². The van der Waals surface area contributed by atoms with E-state index in [9.17, 15) is 0 Å². The van der Waals surface area contributed by atoms with E-state index in [-0.39, 0.29) is 0 Å². The fourth-order valence-corrected chi connectivity index (χ4v) is 3.27. The van der Waals surface area contributed by atoms with Crippen LogP contribution in [0.25, 0.3) is 0 Å². The van der Waals surface area contributed by atoms with Crippen molar-refractivity contribution in [2.75, 3.05) is 53.9 Å². The second-order valence-corrected chi connectivity index (χ2v) is 5.94. The molecule has 0 saturated heterocycles. The highest BCUT2D eigenvalue weighted by atomic mass is 16.5. The van der Waals surface area contributed by atoms with Crippen molar-refractivity contribution in [1.29, 1.82) is 0 Å². The summed E-state index contributed by atoms with van der Waals surface area (Å²) in [5.74, 6) is 0.803. The zero-order valence-corrected chi connectivity index (χ0v) is 14.2. The Labute approximate surface area is 133 Å². The van der Waals surface area contributed by atoms with Crippen LogP contribution in [0.1, 0.15) is 13.8 Å². The molecule has 0 aromatic heterocycles. The van der Waals surface area contributed by atoms with Crippen LogP contribution in [0.4, 0.5) is 0 Å². The van der Waals surface area contributed by atoms with Crippen molar-refractivity contribution < 1.29 is 18.9 Å². The molecule has 2 rings (SSSR count). The molecule has 2 bridgehead atoms. The van der Waals surface area contributed by atoms with E-state index in [4.69, 9.17) is 18.9 Å². The summed E-state index contributed by atoms with van der Waals surface area (Å²) in [6.07, 6.45) is 4.61. The first kappa shape index (κ1) is 17.4. The molecule has 22 heavy (non-hydrogen) atoms. The fourth-order valence-electron chi connectivity index (χ4n) is 3.27. The molecule has 124 valence electrons. The third-order valence-electron chi connectivity index (χ3n) is 4.29. The lowest BCUT2D eigenvalue weighted by Gasteiger charge is -2.16. The Morgan fingerprint density at radius 1 is 0.818 bits per heavy atom. The van der Waals surface area contributed by atoms with Gasteiger partial charge in [0, 0.05) is 26.1 Å². The minimum absolute atomic E-state index is 0.401. The fraction of sp³-hybridized carbons (Fsp3) is 0.667. The Morgan fingerprint density at radius 3 is 1.64 bits per heavy atom. The van der Waals surface area contributed by atoms with Gasteiger partial charge in [0.15, 0.2) is 0 Å². The predicted molar refractivity (Wildman–Crippen MR) is 86.9 cm³/mol. The molecule has 0 spiro atoms. The van der Waals surface area contributed by atoms with E-state index in [0.29, 0.717) is 51.5 Å². The van der Waals surface area contributed by atoms with Gasteiger partial charge >= 0.3 is 0 Å². The minimum atomic E-state index is 0.401. The summed E-state index contributed by atoms with van der Waals surface area (Å²) in [5, 5.41) is 0. The van der Waals surface area contributed by atoms with Crippen molar-refractivity contribution >= 4 is 0 Å². The van der Waals surface area contributed by atoms with Crippen molar-refractivity contribution in [3.8, 4) is 0 Å². The minimum Gasteiger partial charge on any atom is -0.382 e. The molecule has 0 heterocycles. The summed E-state index contributed by atoms with van der Waals surface area (Å²) < 4.78 is 21.6. The molecule has 2 aliphatic carbocycles. The monoisotopic (exact) mass is 308 g/mol. The smallest absolute Gasteiger partial charge is 0.0704 e. The zero-order chi connectivity index (χ0) is 15.9. The van der Waals surface area contributed by atoms with Gasteiger partial charge < -0.3 is 18.9 Å². The molecule has 4 nitrogen and oxygen atoms in total. The molecule has 0 aliphatic heterocycles. The number of methoxy groups -OCH3 is 2. The SMILES string of the molecule is COCCOCC1=C(COCCOC)[C@@H]2C=C[C@H]1C2=C(C)C. The summed E-state index contributed by atoms with van der Waals surface area (Å²) in [6, 6.07) is 0. The molecule has 0 N–H and O–H groups in total. The van der Waals surface area contributed by atoms with Crippen molar-refractivity contribution in [1.82, 2.24) is 0 Å². The standard InChI is InChI=1S/C18H28O4/c1-13(2)18-14-5-6-15(18)17(12-22-10-8-20-4)16(14)11-21-9-7-19-3/h5-6,14-15H,7-12H2,1-4H3/t14-,15+. The molecular formula is C18H28O4. The van der Waals surface area contributed by atoms with E-state index in [1.807, 2.05) is 0 Å². The highest BCUT2D eigenvalue weighted by Gasteiger charge is 2.39. The first-order chi connectivity index (χ1) is 10.7. The van der Waals surface area contributed by atoms with Crippen LogP contribution in [0.15, 0.2) is 34.4 Å². The molecule has 0 aromatic rings. The van der Waals surface area contributed by atoms with Crippen molar-refractivity contribution in [2.45, 2.75) is 13.8 Å². The van der Waals surface area contributed by atoms with Crippen molar-refractivity contribution in [3.63, 3.8) is 0 Å². The quantitative estimate of drug-likeness (QED) is 0.459. The van der Waals surface area contributed by atoms with Crippen LogP contribution < -0.4 is 0 Å². The average Bonchev–Trinajstić information content (AvgIpc) is 3.05. The molecular weight excluding hydrogens is 280 g/mol. The topological polar surface area (TPSA) is 36.9 Å².